The van der Waals surface area contributed by atoms with Gasteiger partial charge in [-0.3, -0.25) is 9.13 Å². The molecule has 0 aliphatic carbocycles. The summed E-state index contributed by atoms with van der Waals surface area (Å²) in [5, 5.41) is 3.40. The van der Waals surface area contributed by atoms with Crippen LogP contribution in [0.1, 0.15) is 18.9 Å². The Labute approximate surface area is 115 Å². The number of hydrogen-bond acceptors (Lipinski definition) is 2. The summed E-state index contributed by atoms with van der Waals surface area (Å²) in [6.45, 7) is 3.52. The van der Waals surface area contributed by atoms with Crippen molar-refractivity contribution in [2.75, 3.05) is 0 Å². The predicted molar refractivity (Wildman–Crippen MR) is 79.9 cm³/mol. The highest BCUT2D eigenvalue weighted by Gasteiger charge is 2.07. The van der Waals surface area contributed by atoms with Crippen molar-refractivity contribution in [1.29, 1.82) is 0 Å². The maximum absolute atomic E-state index is 12.2. The Balaban J connectivity index is 1.95. The van der Waals surface area contributed by atoms with Crippen molar-refractivity contribution in [1.82, 2.24) is 9.13 Å². The van der Waals surface area contributed by atoms with E-state index in [1.807, 2.05) is 24.5 Å². The lowest BCUT2D eigenvalue weighted by Gasteiger charge is -2.01. The average molecular weight is 272 g/mol. The number of imidazole rings is 1. The van der Waals surface area contributed by atoms with E-state index in [4.69, 9.17) is 0 Å². The fraction of sp³-hybridized carbons (Fsp3) is 0.267. The van der Waals surface area contributed by atoms with Crippen LogP contribution in [0.4, 0.5) is 0 Å². The maximum Gasteiger partial charge on any atom is 0.328 e. The van der Waals surface area contributed by atoms with Gasteiger partial charge in [-0.25, -0.2) is 4.79 Å². The Kier molecular flexibility index (Phi) is 3.25. The van der Waals surface area contributed by atoms with Crippen LogP contribution in [-0.2, 0) is 13.1 Å². The summed E-state index contributed by atoms with van der Waals surface area (Å²) in [4.78, 5) is 12.2. The Morgan fingerprint density at radius 1 is 1.16 bits per heavy atom. The van der Waals surface area contributed by atoms with Gasteiger partial charge in [-0.05, 0) is 28.8 Å². The van der Waals surface area contributed by atoms with E-state index in [1.54, 1.807) is 20.5 Å². The molecule has 0 aliphatic rings. The molecule has 0 saturated heterocycles. The summed E-state index contributed by atoms with van der Waals surface area (Å²) in [6, 6.07) is 8.33. The monoisotopic (exact) mass is 272 g/mol. The maximum atomic E-state index is 12.2. The SMILES string of the molecule is CCCn1ccn(Cc2csc3ccccc23)c1=O. The van der Waals surface area contributed by atoms with E-state index in [1.165, 1.54) is 15.6 Å². The van der Waals surface area contributed by atoms with Gasteiger partial charge in [0.1, 0.15) is 0 Å². The minimum atomic E-state index is 0.0807. The van der Waals surface area contributed by atoms with Crippen LogP contribution in [0, 0.1) is 0 Å². The van der Waals surface area contributed by atoms with Gasteiger partial charge in [0.2, 0.25) is 0 Å². The lowest BCUT2D eigenvalue weighted by molar-refractivity contribution is 0.625. The minimum Gasteiger partial charge on any atom is -0.299 e. The second-order valence-corrected chi connectivity index (χ2v) is 5.57. The van der Waals surface area contributed by atoms with E-state index in [0.29, 0.717) is 6.54 Å². The van der Waals surface area contributed by atoms with E-state index in [9.17, 15) is 4.79 Å². The first-order chi connectivity index (χ1) is 9.29. The molecule has 19 heavy (non-hydrogen) atoms. The second kappa shape index (κ2) is 5.05. The molecule has 0 aliphatic heterocycles. The molecule has 2 aromatic heterocycles. The van der Waals surface area contributed by atoms with Crippen LogP contribution in [0.15, 0.2) is 46.8 Å². The highest BCUT2D eigenvalue weighted by atomic mass is 32.1. The molecule has 0 atom stereocenters. The predicted octanol–water partition coefficient (Wildman–Crippen LogP) is 3.32. The van der Waals surface area contributed by atoms with Crippen LogP contribution < -0.4 is 5.69 Å². The molecule has 3 rings (SSSR count). The number of nitrogens with zero attached hydrogens (tertiary/aromatic N) is 2. The first-order valence-electron chi connectivity index (χ1n) is 6.50. The molecule has 1 aromatic carbocycles. The standard InChI is InChI=1S/C15H16N2OS/c1-2-7-16-8-9-17(15(16)18)10-12-11-19-14-6-4-3-5-13(12)14/h3-6,8-9,11H,2,7,10H2,1H3. The zero-order valence-corrected chi connectivity index (χ0v) is 11.7. The van der Waals surface area contributed by atoms with Crippen molar-refractivity contribution in [2.45, 2.75) is 26.4 Å². The quantitative estimate of drug-likeness (QED) is 0.715. The zero-order valence-electron chi connectivity index (χ0n) is 10.9. The number of fused-ring (bicyclic) bond motifs is 1. The van der Waals surface area contributed by atoms with Crippen LogP contribution in [0.3, 0.4) is 0 Å². The normalized spacial score (nSPS) is 11.2. The van der Waals surface area contributed by atoms with Crippen LogP contribution >= 0.6 is 11.3 Å². The first kappa shape index (κ1) is 12.2. The van der Waals surface area contributed by atoms with Crippen molar-refractivity contribution >= 4 is 21.4 Å². The number of benzene rings is 1. The minimum absolute atomic E-state index is 0.0807. The third-order valence-electron chi connectivity index (χ3n) is 3.28. The summed E-state index contributed by atoms with van der Waals surface area (Å²) in [5.41, 5.74) is 1.30. The van der Waals surface area contributed by atoms with Crippen LogP contribution in [0.2, 0.25) is 0 Å². The highest BCUT2D eigenvalue weighted by Crippen LogP contribution is 2.25. The smallest absolute Gasteiger partial charge is 0.299 e. The zero-order chi connectivity index (χ0) is 13.2. The van der Waals surface area contributed by atoms with Gasteiger partial charge in [0.05, 0.1) is 6.54 Å². The molecule has 4 heteroatoms. The van der Waals surface area contributed by atoms with Gasteiger partial charge in [0.15, 0.2) is 0 Å². The number of aryl methyl sites for hydroxylation is 1. The molecule has 0 saturated carbocycles. The number of aromatic nitrogens is 2. The molecule has 0 spiro atoms. The lowest BCUT2D eigenvalue weighted by atomic mass is 10.2. The van der Waals surface area contributed by atoms with Crippen LogP contribution in [-0.4, -0.2) is 9.13 Å². The fourth-order valence-corrected chi connectivity index (χ4v) is 3.28. The third-order valence-corrected chi connectivity index (χ3v) is 4.30. The topological polar surface area (TPSA) is 26.9 Å². The third kappa shape index (κ3) is 2.24. The van der Waals surface area contributed by atoms with Gasteiger partial charge < -0.3 is 0 Å². The molecular weight excluding hydrogens is 256 g/mol. The van der Waals surface area contributed by atoms with Crippen LogP contribution in [0.5, 0.6) is 0 Å². The van der Waals surface area contributed by atoms with E-state index >= 15 is 0 Å². The highest BCUT2D eigenvalue weighted by molar-refractivity contribution is 7.17. The Morgan fingerprint density at radius 2 is 1.95 bits per heavy atom. The molecule has 3 nitrogen and oxygen atoms in total. The number of thiophene rings is 1. The molecule has 0 fully saturated rings. The molecule has 3 aromatic rings. The Hall–Kier alpha value is -1.81. The van der Waals surface area contributed by atoms with E-state index < -0.39 is 0 Å². The van der Waals surface area contributed by atoms with Crippen molar-refractivity contribution in [3.8, 4) is 0 Å². The Bertz CT molecular complexity index is 751. The summed E-state index contributed by atoms with van der Waals surface area (Å²) in [6.07, 6.45) is 4.73. The summed E-state index contributed by atoms with van der Waals surface area (Å²) >= 11 is 1.73. The van der Waals surface area contributed by atoms with Gasteiger partial charge in [0.25, 0.3) is 0 Å². The first-order valence-corrected chi connectivity index (χ1v) is 7.38. The van der Waals surface area contributed by atoms with Crippen molar-refractivity contribution in [3.05, 3.63) is 58.1 Å². The van der Waals surface area contributed by atoms with Gasteiger partial charge in [-0.2, -0.15) is 0 Å². The van der Waals surface area contributed by atoms with E-state index in [0.717, 1.165) is 13.0 Å². The van der Waals surface area contributed by atoms with E-state index in [-0.39, 0.29) is 5.69 Å². The summed E-state index contributed by atoms with van der Waals surface area (Å²) in [7, 11) is 0. The molecule has 0 unspecified atom stereocenters. The Morgan fingerprint density at radius 3 is 2.79 bits per heavy atom. The molecule has 2 heterocycles. The van der Waals surface area contributed by atoms with Gasteiger partial charge in [0, 0.05) is 23.6 Å². The van der Waals surface area contributed by atoms with E-state index in [2.05, 4.69) is 24.4 Å². The van der Waals surface area contributed by atoms with Gasteiger partial charge in [-0.15, -0.1) is 11.3 Å². The average Bonchev–Trinajstić information content (AvgIpc) is 2.98. The van der Waals surface area contributed by atoms with Crippen molar-refractivity contribution in [3.63, 3.8) is 0 Å². The summed E-state index contributed by atoms with van der Waals surface area (Å²) < 4.78 is 4.83. The molecule has 0 N–H and O–H groups in total. The molecule has 0 bridgehead atoms. The van der Waals surface area contributed by atoms with Crippen molar-refractivity contribution in [2.24, 2.45) is 0 Å². The fourth-order valence-electron chi connectivity index (χ4n) is 2.32. The van der Waals surface area contributed by atoms with Gasteiger partial charge in [-0.1, -0.05) is 25.1 Å². The number of hydrogen-bond donors (Lipinski definition) is 0. The number of rotatable bonds is 4. The molecule has 98 valence electrons. The van der Waals surface area contributed by atoms with Gasteiger partial charge >= 0.3 is 5.69 Å². The lowest BCUT2D eigenvalue weighted by Crippen LogP contribution is -2.24. The largest absolute Gasteiger partial charge is 0.328 e. The summed E-state index contributed by atoms with van der Waals surface area (Å²) in [5.74, 6) is 0. The van der Waals surface area contributed by atoms with Crippen molar-refractivity contribution < 1.29 is 0 Å². The van der Waals surface area contributed by atoms with Crippen LogP contribution in [0.25, 0.3) is 10.1 Å². The second-order valence-electron chi connectivity index (χ2n) is 4.66. The molecule has 0 radical (unpaired) electrons. The molecular formula is C15H16N2OS. The molecule has 0 amide bonds.